The van der Waals surface area contributed by atoms with Gasteiger partial charge in [0.05, 0.1) is 10.0 Å². The molecule has 4 nitrogen and oxygen atoms in total. The van der Waals surface area contributed by atoms with E-state index in [1.165, 1.54) is 6.92 Å². The summed E-state index contributed by atoms with van der Waals surface area (Å²) in [6.07, 6.45) is 4.23. The summed E-state index contributed by atoms with van der Waals surface area (Å²) in [5, 5.41) is 1.74. The molecule has 3 aromatic rings. The maximum atomic E-state index is 11.5. The normalized spacial score (nSPS) is 12.0. The van der Waals surface area contributed by atoms with Gasteiger partial charge in [-0.25, -0.2) is 0 Å². The minimum atomic E-state index is -0.279. The first-order valence-corrected chi connectivity index (χ1v) is 10.4. The molecule has 3 rings (SSSR count). The molecule has 29 heavy (non-hydrogen) atoms. The van der Waals surface area contributed by atoms with E-state index in [0.717, 1.165) is 35.8 Å². The number of carbonyl (C=O) groups is 1. The second kappa shape index (κ2) is 9.95. The molecule has 2 aromatic carbocycles. The van der Waals surface area contributed by atoms with Gasteiger partial charge in [0.25, 0.3) is 0 Å². The minimum Gasteiger partial charge on any atom is -0.485 e. The molecular weight excluding hydrogens is 409 g/mol. The Morgan fingerprint density at radius 1 is 1.14 bits per heavy atom. The first-order valence-electron chi connectivity index (χ1n) is 9.61. The Labute approximate surface area is 180 Å². The van der Waals surface area contributed by atoms with Crippen LogP contribution in [0.4, 0.5) is 0 Å². The van der Waals surface area contributed by atoms with E-state index in [4.69, 9.17) is 32.7 Å². The number of aromatic nitrogens is 1. The third-order valence-electron chi connectivity index (χ3n) is 4.58. The van der Waals surface area contributed by atoms with Gasteiger partial charge in [-0.05, 0) is 48.2 Å². The van der Waals surface area contributed by atoms with E-state index in [0.29, 0.717) is 27.9 Å². The molecule has 1 aromatic heterocycles. The van der Waals surface area contributed by atoms with Crippen LogP contribution in [0.5, 0.6) is 5.75 Å². The number of rotatable bonds is 8. The van der Waals surface area contributed by atoms with Crippen molar-refractivity contribution in [3.05, 3.63) is 69.8 Å². The Hall–Kier alpha value is -2.30. The van der Waals surface area contributed by atoms with Gasteiger partial charge in [0, 0.05) is 18.5 Å². The topological polar surface area (TPSA) is 48.4 Å². The third-order valence-corrected chi connectivity index (χ3v) is 5.18. The zero-order chi connectivity index (χ0) is 20.8. The van der Waals surface area contributed by atoms with E-state index < -0.39 is 0 Å². The molecule has 0 N–H and O–H groups in total. The number of esters is 1. The number of fused-ring (bicyclic) bond motifs is 1. The van der Waals surface area contributed by atoms with Crippen molar-refractivity contribution in [1.29, 1.82) is 0 Å². The standard InChI is InChI=1S/C23H23Cl2NO3/c1-3-4-10-21(29-15(2)27)17-8-5-7-16(12-17)14-28-23-20(25)13-19(24)18-9-6-11-26-22(18)23/h5-9,11-13,21H,3-4,10,14H2,1-2H3. The first kappa shape index (κ1) is 21.4. The summed E-state index contributed by atoms with van der Waals surface area (Å²) >= 11 is 12.6. The molecule has 0 aliphatic rings. The molecular formula is C23H23Cl2NO3. The highest BCUT2D eigenvalue weighted by Crippen LogP contribution is 2.37. The highest BCUT2D eigenvalue weighted by molar-refractivity contribution is 6.39. The largest absolute Gasteiger partial charge is 0.485 e. The molecule has 0 bridgehead atoms. The van der Waals surface area contributed by atoms with Crippen LogP contribution in [0.2, 0.25) is 10.0 Å². The smallest absolute Gasteiger partial charge is 0.303 e. The fourth-order valence-electron chi connectivity index (χ4n) is 3.21. The Morgan fingerprint density at radius 2 is 1.97 bits per heavy atom. The molecule has 1 unspecified atom stereocenters. The monoisotopic (exact) mass is 431 g/mol. The lowest BCUT2D eigenvalue weighted by Crippen LogP contribution is -2.09. The predicted molar refractivity (Wildman–Crippen MR) is 117 cm³/mol. The van der Waals surface area contributed by atoms with Gasteiger partial charge in [-0.3, -0.25) is 9.78 Å². The van der Waals surface area contributed by atoms with Crippen LogP contribution in [-0.2, 0) is 16.1 Å². The molecule has 6 heteroatoms. The molecule has 152 valence electrons. The Bertz CT molecular complexity index is 1010. The number of nitrogens with zero attached hydrogens (tertiary/aromatic N) is 1. The zero-order valence-corrected chi connectivity index (χ0v) is 18.0. The number of carbonyl (C=O) groups excluding carboxylic acids is 1. The Kier molecular flexibility index (Phi) is 7.34. The maximum Gasteiger partial charge on any atom is 0.303 e. The van der Waals surface area contributed by atoms with Crippen molar-refractivity contribution in [3.63, 3.8) is 0 Å². The highest BCUT2D eigenvalue weighted by Gasteiger charge is 2.16. The van der Waals surface area contributed by atoms with Crippen molar-refractivity contribution in [2.24, 2.45) is 0 Å². The molecule has 0 spiro atoms. The van der Waals surface area contributed by atoms with Crippen molar-refractivity contribution in [2.75, 3.05) is 0 Å². The van der Waals surface area contributed by atoms with Gasteiger partial charge in [-0.15, -0.1) is 0 Å². The number of benzene rings is 2. The average Bonchev–Trinajstić information content (AvgIpc) is 2.71. The van der Waals surface area contributed by atoms with E-state index in [1.807, 2.05) is 36.4 Å². The summed E-state index contributed by atoms with van der Waals surface area (Å²) in [6, 6.07) is 13.2. The molecule has 0 aliphatic carbocycles. The van der Waals surface area contributed by atoms with Gasteiger partial charge >= 0.3 is 5.97 Å². The molecule has 0 saturated heterocycles. The van der Waals surface area contributed by atoms with Crippen molar-refractivity contribution >= 4 is 40.1 Å². The van der Waals surface area contributed by atoms with Gasteiger partial charge in [0.1, 0.15) is 18.2 Å². The number of halogens is 2. The number of hydrogen-bond acceptors (Lipinski definition) is 4. The quantitative estimate of drug-likeness (QED) is 0.363. The maximum absolute atomic E-state index is 11.5. The Morgan fingerprint density at radius 3 is 2.72 bits per heavy atom. The van der Waals surface area contributed by atoms with Crippen LogP contribution in [0.15, 0.2) is 48.7 Å². The van der Waals surface area contributed by atoms with Crippen molar-refractivity contribution in [1.82, 2.24) is 4.98 Å². The van der Waals surface area contributed by atoms with Crippen LogP contribution >= 0.6 is 23.2 Å². The number of unbranched alkanes of at least 4 members (excludes halogenated alkanes) is 1. The summed E-state index contributed by atoms with van der Waals surface area (Å²) in [7, 11) is 0. The van der Waals surface area contributed by atoms with Gasteiger partial charge < -0.3 is 9.47 Å². The number of ether oxygens (including phenoxy) is 2. The van der Waals surface area contributed by atoms with Crippen LogP contribution < -0.4 is 4.74 Å². The number of pyridine rings is 1. The second-order valence-corrected chi connectivity index (χ2v) is 7.66. The van der Waals surface area contributed by atoms with Gasteiger partial charge in [0.15, 0.2) is 5.75 Å². The van der Waals surface area contributed by atoms with Crippen LogP contribution in [-0.4, -0.2) is 11.0 Å². The summed E-state index contributed by atoms with van der Waals surface area (Å²) < 4.78 is 11.5. The Balaban J connectivity index is 1.82. The SMILES string of the molecule is CCCCC(OC(C)=O)c1cccc(COc2c(Cl)cc(Cl)c3cccnc23)c1. The van der Waals surface area contributed by atoms with Crippen LogP contribution in [0.1, 0.15) is 50.3 Å². The van der Waals surface area contributed by atoms with E-state index in [2.05, 4.69) is 11.9 Å². The lowest BCUT2D eigenvalue weighted by atomic mass is 10.0. The van der Waals surface area contributed by atoms with E-state index in [-0.39, 0.29) is 12.1 Å². The molecule has 1 heterocycles. The summed E-state index contributed by atoms with van der Waals surface area (Å²) in [6.45, 7) is 3.86. The van der Waals surface area contributed by atoms with Crippen LogP contribution in [0.25, 0.3) is 10.9 Å². The predicted octanol–water partition coefficient (Wildman–Crippen LogP) is 6.92. The van der Waals surface area contributed by atoms with Crippen LogP contribution in [0, 0.1) is 0 Å². The second-order valence-electron chi connectivity index (χ2n) is 6.84. The molecule has 0 aliphatic heterocycles. The van der Waals surface area contributed by atoms with E-state index in [9.17, 15) is 4.79 Å². The van der Waals surface area contributed by atoms with Crippen molar-refractivity contribution in [2.45, 2.75) is 45.8 Å². The summed E-state index contributed by atoms with van der Waals surface area (Å²) in [4.78, 5) is 15.9. The molecule has 0 amide bonds. The number of hydrogen-bond donors (Lipinski definition) is 0. The molecule has 0 fully saturated rings. The molecule has 0 radical (unpaired) electrons. The average molecular weight is 432 g/mol. The lowest BCUT2D eigenvalue weighted by Gasteiger charge is -2.18. The van der Waals surface area contributed by atoms with E-state index >= 15 is 0 Å². The van der Waals surface area contributed by atoms with Gasteiger partial charge in [-0.2, -0.15) is 0 Å². The minimum absolute atomic E-state index is 0.256. The fraction of sp³-hybridized carbons (Fsp3) is 0.304. The molecule has 0 saturated carbocycles. The fourth-order valence-corrected chi connectivity index (χ4v) is 3.78. The van der Waals surface area contributed by atoms with Crippen molar-refractivity contribution < 1.29 is 14.3 Å². The summed E-state index contributed by atoms with van der Waals surface area (Å²) in [5.41, 5.74) is 2.54. The summed E-state index contributed by atoms with van der Waals surface area (Å²) in [5.74, 6) is 0.220. The van der Waals surface area contributed by atoms with Gasteiger partial charge in [-0.1, -0.05) is 54.7 Å². The molecule has 1 atom stereocenters. The van der Waals surface area contributed by atoms with Crippen molar-refractivity contribution in [3.8, 4) is 5.75 Å². The van der Waals surface area contributed by atoms with Gasteiger partial charge in [0.2, 0.25) is 0 Å². The highest BCUT2D eigenvalue weighted by atomic mass is 35.5. The zero-order valence-electron chi connectivity index (χ0n) is 16.5. The lowest BCUT2D eigenvalue weighted by molar-refractivity contribution is -0.147. The third kappa shape index (κ3) is 5.40. The van der Waals surface area contributed by atoms with Crippen LogP contribution in [0.3, 0.4) is 0 Å². The van der Waals surface area contributed by atoms with E-state index in [1.54, 1.807) is 12.3 Å². The first-order chi connectivity index (χ1) is 14.0.